The summed E-state index contributed by atoms with van der Waals surface area (Å²) in [5.74, 6) is 0. The van der Waals surface area contributed by atoms with Crippen LogP contribution in [0.1, 0.15) is 5.69 Å². The second-order valence-corrected chi connectivity index (χ2v) is 9.10. The Hall–Kier alpha value is -2.12. The van der Waals surface area contributed by atoms with Crippen LogP contribution in [0.4, 0.5) is 0 Å². The van der Waals surface area contributed by atoms with E-state index in [2.05, 4.69) is 0 Å². The van der Waals surface area contributed by atoms with Crippen LogP contribution in [-0.2, 0) is 19.9 Å². The highest BCUT2D eigenvalue weighted by atomic mass is 32.2. The van der Waals surface area contributed by atoms with E-state index in [1.54, 1.807) is 43.3 Å². The third-order valence-electron chi connectivity index (χ3n) is 3.62. The summed E-state index contributed by atoms with van der Waals surface area (Å²) < 4.78 is 50.9. The van der Waals surface area contributed by atoms with Crippen molar-refractivity contribution in [1.29, 1.82) is 0 Å². The number of aryl methyl sites for hydroxylation is 1. The molecule has 0 fully saturated rings. The van der Waals surface area contributed by atoms with Crippen LogP contribution in [0.5, 0.6) is 0 Å². The summed E-state index contributed by atoms with van der Waals surface area (Å²) in [7, 11) is -7.24. The lowest BCUT2D eigenvalue weighted by Crippen LogP contribution is -2.14. The average molecular weight is 349 g/mol. The highest BCUT2D eigenvalue weighted by Gasteiger charge is 2.23. The van der Waals surface area contributed by atoms with Gasteiger partial charge in [-0.15, -0.1) is 0 Å². The van der Waals surface area contributed by atoms with Gasteiger partial charge >= 0.3 is 0 Å². The third kappa shape index (κ3) is 2.55. The Labute approximate surface area is 135 Å². The van der Waals surface area contributed by atoms with E-state index >= 15 is 0 Å². The Kier molecular flexibility index (Phi) is 3.57. The fourth-order valence-corrected chi connectivity index (χ4v) is 5.10. The van der Waals surface area contributed by atoms with Gasteiger partial charge in [-0.3, -0.25) is 0 Å². The van der Waals surface area contributed by atoms with Gasteiger partial charge in [-0.1, -0.05) is 24.3 Å². The van der Waals surface area contributed by atoms with Crippen LogP contribution in [0, 0.1) is 6.92 Å². The number of aromatic nitrogens is 1. The molecule has 0 saturated heterocycles. The zero-order valence-electron chi connectivity index (χ0n) is 12.6. The molecule has 3 rings (SSSR count). The first-order valence-corrected chi connectivity index (χ1v) is 10.2. The summed E-state index contributed by atoms with van der Waals surface area (Å²) in [6, 6.07) is 14.3. The van der Waals surface area contributed by atoms with E-state index in [1.165, 1.54) is 22.2 Å². The molecule has 0 unspecified atom stereocenters. The van der Waals surface area contributed by atoms with Gasteiger partial charge in [0.1, 0.15) is 0 Å². The molecule has 0 aliphatic carbocycles. The molecule has 0 radical (unpaired) electrons. The minimum absolute atomic E-state index is 0.125. The zero-order valence-corrected chi connectivity index (χ0v) is 14.2. The molecular formula is C16H15NO4S2. The Bertz CT molecular complexity index is 1100. The molecule has 0 saturated carbocycles. The second-order valence-electron chi connectivity index (χ2n) is 5.33. The summed E-state index contributed by atoms with van der Waals surface area (Å²) in [6.07, 6.45) is 1.11. The number of sulfone groups is 1. The molecule has 0 atom stereocenters. The fraction of sp³-hybridized carbons (Fsp3) is 0.125. The Morgan fingerprint density at radius 2 is 1.52 bits per heavy atom. The van der Waals surface area contributed by atoms with Crippen molar-refractivity contribution in [3.05, 3.63) is 60.3 Å². The van der Waals surface area contributed by atoms with Crippen molar-refractivity contribution in [2.24, 2.45) is 0 Å². The predicted molar refractivity (Wildman–Crippen MR) is 88.8 cm³/mol. The minimum atomic E-state index is -3.79. The van der Waals surface area contributed by atoms with E-state index in [4.69, 9.17) is 0 Å². The van der Waals surface area contributed by atoms with E-state index in [0.29, 0.717) is 16.6 Å². The Balaban J connectivity index is 2.39. The number of hydrogen-bond acceptors (Lipinski definition) is 4. The van der Waals surface area contributed by atoms with Crippen LogP contribution >= 0.6 is 0 Å². The molecule has 0 aliphatic rings. The van der Waals surface area contributed by atoms with Gasteiger partial charge in [0.05, 0.1) is 15.3 Å². The normalized spacial score (nSPS) is 12.6. The van der Waals surface area contributed by atoms with Crippen LogP contribution in [0.2, 0.25) is 0 Å². The molecule has 23 heavy (non-hydrogen) atoms. The van der Waals surface area contributed by atoms with E-state index in [9.17, 15) is 16.8 Å². The largest absolute Gasteiger partial charge is 0.268 e. The van der Waals surface area contributed by atoms with Gasteiger partial charge in [-0.05, 0) is 37.3 Å². The molecule has 0 N–H and O–H groups in total. The molecule has 0 amide bonds. The van der Waals surface area contributed by atoms with Crippen molar-refractivity contribution in [3.8, 4) is 0 Å². The van der Waals surface area contributed by atoms with Gasteiger partial charge in [0, 0.05) is 17.3 Å². The summed E-state index contributed by atoms with van der Waals surface area (Å²) in [5, 5.41) is 0.409. The summed E-state index contributed by atoms with van der Waals surface area (Å²) in [5.41, 5.74) is 0.814. The Morgan fingerprint density at radius 1 is 0.870 bits per heavy atom. The average Bonchev–Trinajstić information content (AvgIpc) is 2.83. The SMILES string of the molecule is Cc1cc2c(S(C)(=O)=O)cccc2n1S(=O)(=O)c1ccccc1. The van der Waals surface area contributed by atoms with Gasteiger partial charge in [0.25, 0.3) is 10.0 Å². The van der Waals surface area contributed by atoms with Crippen molar-refractivity contribution in [2.75, 3.05) is 6.26 Å². The first kappa shape index (κ1) is 15.8. The smallest absolute Gasteiger partial charge is 0.238 e. The molecule has 0 spiro atoms. The van der Waals surface area contributed by atoms with Crippen LogP contribution in [-0.4, -0.2) is 27.1 Å². The molecule has 0 aliphatic heterocycles. The first-order valence-electron chi connectivity index (χ1n) is 6.85. The highest BCUT2D eigenvalue weighted by Crippen LogP contribution is 2.29. The predicted octanol–water partition coefficient (Wildman–Crippen LogP) is 2.59. The topological polar surface area (TPSA) is 73.2 Å². The number of hydrogen-bond donors (Lipinski definition) is 0. The summed E-state index contributed by atoms with van der Waals surface area (Å²) in [6.45, 7) is 1.65. The monoisotopic (exact) mass is 349 g/mol. The van der Waals surface area contributed by atoms with E-state index in [1.807, 2.05) is 0 Å². The molecular weight excluding hydrogens is 334 g/mol. The van der Waals surface area contributed by atoms with Gasteiger partial charge in [-0.2, -0.15) is 0 Å². The first-order chi connectivity index (χ1) is 10.7. The molecule has 3 aromatic rings. The molecule has 1 aromatic heterocycles. The van der Waals surface area contributed by atoms with Crippen molar-refractivity contribution < 1.29 is 16.8 Å². The lowest BCUT2D eigenvalue weighted by molar-refractivity contribution is 0.587. The zero-order chi connectivity index (χ0) is 16.8. The van der Waals surface area contributed by atoms with Crippen molar-refractivity contribution in [1.82, 2.24) is 3.97 Å². The Morgan fingerprint density at radius 3 is 2.13 bits per heavy atom. The fourth-order valence-electron chi connectivity index (χ4n) is 2.65. The second kappa shape index (κ2) is 5.21. The maximum atomic E-state index is 12.9. The lowest BCUT2D eigenvalue weighted by Gasteiger charge is -2.10. The van der Waals surface area contributed by atoms with Crippen LogP contribution < -0.4 is 0 Å². The molecule has 0 bridgehead atoms. The highest BCUT2D eigenvalue weighted by molar-refractivity contribution is 7.91. The number of rotatable bonds is 3. The van der Waals surface area contributed by atoms with Gasteiger partial charge in [0.2, 0.25) is 0 Å². The maximum Gasteiger partial charge on any atom is 0.268 e. The summed E-state index contributed by atoms with van der Waals surface area (Å²) in [4.78, 5) is 0.283. The van der Waals surface area contributed by atoms with Gasteiger partial charge in [-0.25, -0.2) is 20.8 Å². The minimum Gasteiger partial charge on any atom is -0.238 e. The van der Waals surface area contributed by atoms with Gasteiger partial charge < -0.3 is 0 Å². The van der Waals surface area contributed by atoms with Crippen LogP contribution in [0.3, 0.4) is 0 Å². The van der Waals surface area contributed by atoms with Crippen molar-refractivity contribution in [3.63, 3.8) is 0 Å². The maximum absolute atomic E-state index is 12.9. The van der Waals surface area contributed by atoms with Crippen LogP contribution in [0.25, 0.3) is 10.9 Å². The van der Waals surface area contributed by atoms with E-state index in [0.717, 1.165) is 6.26 Å². The quantitative estimate of drug-likeness (QED) is 0.728. The molecule has 2 aromatic carbocycles. The molecule has 5 nitrogen and oxygen atoms in total. The van der Waals surface area contributed by atoms with Gasteiger partial charge in [0.15, 0.2) is 9.84 Å². The lowest BCUT2D eigenvalue weighted by atomic mass is 10.2. The van der Waals surface area contributed by atoms with E-state index in [-0.39, 0.29) is 9.79 Å². The number of nitrogens with zero attached hydrogens (tertiary/aromatic N) is 1. The van der Waals surface area contributed by atoms with Crippen molar-refractivity contribution >= 4 is 30.8 Å². The molecule has 1 heterocycles. The number of benzene rings is 2. The standard InChI is InChI=1S/C16H15NO4S2/c1-12-11-14-15(9-6-10-16(14)22(2,18)19)17(12)23(20,21)13-7-4-3-5-8-13/h3-11H,1-2H3. The van der Waals surface area contributed by atoms with Crippen LogP contribution in [0.15, 0.2) is 64.4 Å². The molecule has 7 heteroatoms. The third-order valence-corrected chi connectivity index (χ3v) is 6.60. The number of fused-ring (bicyclic) bond motifs is 1. The molecule has 120 valence electrons. The van der Waals surface area contributed by atoms with Crippen molar-refractivity contribution in [2.45, 2.75) is 16.7 Å². The van der Waals surface area contributed by atoms with E-state index < -0.39 is 19.9 Å². The summed E-state index contributed by atoms with van der Waals surface area (Å²) >= 11 is 0.